The minimum absolute atomic E-state index is 0.0329. The molecule has 0 spiro atoms. The molecular weight excluding hydrogens is 356 g/mol. The molecule has 28 heavy (non-hydrogen) atoms. The van der Waals surface area contributed by atoms with Gasteiger partial charge in [0.05, 0.1) is 23.5 Å². The maximum Gasteiger partial charge on any atom is 0.354 e. The molecule has 7 nitrogen and oxygen atoms in total. The smallest absolute Gasteiger partial charge is 0.354 e. The number of fused-ring (bicyclic) bond motifs is 1. The van der Waals surface area contributed by atoms with Crippen molar-refractivity contribution < 1.29 is 14.7 Å². The molecule has 1 aromatic carbocycles. The topological polar surface area (TPSA) is 89.2 Å². The summed E-state index contributed by atoms with van der Waals surface area (Å²) in [6.45, 7) is 0.528. The Kier molecular flexibility index (Phi) is 4.41. The third-order valence-corrected chi connectivity index (χ3v) is 4.62. The first-order valence-corrected chi connectivity index (χ1v) is 8.72. The Morgan fingerprint density at radius 3 is 2.64 bits per heavy atom. The highest BCUT2D eigenvalue weighted by molar-refractivity contribution is 6.14. The van der Waals surface area contributed by atoms with Crippen LogP contribution in [-0.2, 0) is 13.6 Å². The number of nitrogens with zero attached hydrogens (tertiary/aromatic N) is 3. The standard InChI is InChI=1S/C21H18N4O3/c1-24-11-9-17(19(24)21(27)28)23-20(26)16-13-25(12-14-6-4-5-10-22-14)18-8-3-2-7-15(16)18/h2-11,13H,12H2,1H3,(H,23,26)(H,27,28). The molecule has 0 aliphatic heterocycles. The van der Waals surface area contributed by atoms with Gasteiger partial charge >= 0.3 is 5.97 Å². The first kappa shape index (κ1) is 17.5. The molecule has 0 unspecified atom stereocenters. The Morgan fingerprint density at radius 1 is 1.11 bits per heavy atom. The number of para-hydroxylation sites is 1. The summed E-state index contributed by atoms with van der Waals surface area (Å²) in [6, 6.07) is 14.9. The number of carboxylic acids is 1. The van der Waals surface area contributed by atoms with Crippen molar-refractivity contribution >= 4 is 28.5 Å². The van der Waals surface area contributed by atoms with Crippen LogP contribution in [0, 0.1) is 0 Å². The van der Waals surface area contributed by atoms with Gasteiger partial charge in [0, 0.05) is 36.5 Å². The van der Waals surface area contributed by atoms with E-state index < -0.39 is 5.97 Å². The molecule has 0 fully saturated rings. The van der Waals surface area contributed by atoms with E-state index >= 15 is 0 Å². The van der Waals surface area contributed by atoms with E-state index in [4.69, 9.17) is 0 Å². The molecular formula is C21H18N4O3. The van der Waals surface area contributed by atoms with Crippen LogP contribution in [0.1, 0.15) is 26.5 Å². The van der Waals surface area contributed by atoms with Crippen molar-refractivity contribution in [2.75, 3.05) is 5.32 Å². The van der Waals surface area contributed by atoms with Gasteiger partial charge in [0.2, 0.25) is 0 Å². The zero-order valence-corrected chi connectivity index (χ0v) is 15.2. The highest BCUT2D eigenvalue weighted by Crippen LogP contribution is 2.24. The van der Waals surface area contributed by atoms with Gasteiger partial charge in [0.1, 0.15) is 0 Å². The molecule has 0 saturated carbocycles. The fourth-order valence-electron chi connectivity index (χ4n) is 3.31. The van der Waals surface area contributed by atoms with E-state index in [2.05, 4.69) is 10.3 Å². The highest BCUT2D eigenvalue weighted by atomic mass is 16.4. The lowest BCUT2D eigenvalue weighted by molar-refractivity contribution is 0.0688. The van der Waals surface area contributed by atoms with E-state index in [-0.39, 0.29) is 17.3 Å². The molecule has 0 atom stereocenters. The van der Waals surface area contributed by atoms with Gasteiger partial charge in [0.25, 0.3) is 5.91 Å². The number of pyridine rings is 1. The molecule has 7 heteroatoms. The number of rotatable bonds is 5. The van der Waals surface area contributed by atoms with Crippen molar-refractivity contribution in [2.45, 2.75) is 6.54 Å². The van der Waals surface area contributed by atoms with Crippen LogP contribution < -0.4 is 5.32 Å². The third-order valence-electron chi connectivity index (χ3n) is 4.62. The van der Waals surface area contributed by atoms with Crippen LogP contribution in [0.3, 0.4) is 0 Å². The maximum atomic E-state index is 12.9. The Morgan fingerprint density at radius 2 is 1.89 bits per heavy atom. The molecule has 4 aromatic rings. The molecule has 4 rings (SSSR count). The number of carboxylic acid groups (broad SMARTS) is 1. The lowest BCUT2D eigenvalue weighted by Gasteiger charge is -2.05. The van der Waals surface area contributed by atoms with Crippen molar-refractivity contribution in [1.82, 2.24) is 14.1 Å². The number of carbonyl (C=O) groups excluding carboxylic acids is 1. The number of aromatic nitrogens is 3. The monoisotopic (exact) mass is 374 g/mol. The Balaban J connectivity index is 1.71. The number of amides is 1. The van der Waals surface area contributed by atoms with Crippen LogP contribution in [0.25, 0.3) is 10.9 Å². The molecule has 3 heterocycles. The number of benzene rings is 1. The summed E-state index contributed by atoms with van der Waals surface area (Å²) in [5.74, 6) is -1.45. The highest BCUT2D eigenvalue weighted by Gasteiger charge is 2.20. The van der Waals surface area contributed by atoms with E-state index in [0.29, 0.717) is 12.1 Å². The van der Waals surface area contributed by atoms with Crippen LogP contribution >= 0.6 is 0 Å². The number of aromatic carboxylic acids is 1. The summed E-state index contributed by atoms with van der Waals surface area (Å²) in [6.07, 6.45) is 5.11. The largest absolute Gasteiger partial charge is 0.477 e. The van der Waals surface area contributed by atoms with Gasteiger partial charge in [0.15, 0.2) is 5.69 Å². The average molecular weight is 374 g/mol. The van der Waals surface area contributed by atoms with Gasteiger partial charge in [-0.1, -0.05) is 24.3 Å². The molecule has 3 aromatic heterocycles. The molecule has 0 aliphatic rings. The van der Waals surface area contributed by atoms with E-state index in [1.165, 1.54) is 4.57 Å². The zero-order chi connectivity index (χ0) is 19.7. The zero-order valence-electron chi connectivity index (χ0n) is 15.2. The normalized spacial score (nSPS) is 10.9. The van der Waals surface area contributed by atoms with Crippen molar-refractivity contribution in [2.24, 2.45) is 7.05 Å². The second kappa shape index (κ2) is 7.03. The Labute approximate surface area is 160 Å². The van der Waals surface area contributed by atoms with Crippen molar-refractivity contribution in [3.05, 3.63) is 84.1 Å². The average Bonchev–Trinajstić information content (AvgIpc) is 3.23. The van der Waals surface area contributed by atoms with Crippen LogP contribution in [0.15, 0.2) is 67.1 Å². The summed E-state index contributed by atoms with van der Waals surface area (Å²) < 4.78 is 3.43. The van der Waals surface area contributed by atoms with E-state index in [1.54, 1.807) is 31.7 Å². The lowest BCUT2D eigenvalue weighted by atomic mass is 10.1. The molecule has 0 saturated heterocycles. The lowest BCUT2D eigenvalue weighted by Crippen LogP contribution is -2.15. The van der Waals surface area contributed by atoms with Gasteiger partial charge in [-0.15, -0.1) is 0 Å². The Bertz CT molecular complexity index is 1180. The maximum absolute atomic E-state index is 12.9. The quantitative estimate of drug-likeness (QED) is 0.560. The van der Waals surface area contributed by atoms with Gasteiger partial charge in [-0.05, 0) is 24.3 Å². The first-order valence-electron chi connectivity index (χ1n) is 8.72. The summed E-state index contributed by atoms with van der Waals surface area (Å²) in [7, 11) is 1.62. The summed E-state index contributed by atoms with van der Waals surface area (Å²) in [4.78, 5) is 28.7. The number of hydrogen-bond acceptors (Lipinski definition) is 3. The predicted octanol–water partition coefficient (Wildman–Crippen LogP) is 3.37. The van der Waals surface area contributed by atoms with Gasteiger partial charge in [-0.2, -0.15) is 0 Å². The second-order valence-electron chi connectivity index (χ2n) is 6.46. The summed E-state index contributed by atoms with van der Waals surface area (Å²) >= 11 is 0. The summed E-state index contributed by atoms with van der Waals surface area (Å²) in [5, 5.41) is 12.9. The molecule has 140 valence electrons. The number of anilines is 1. The molecule has 2 N–H and O–H groups in total. The third kappa shape index (κ3) is 3.14. The van der Waals surface area contributed by atoms with Crippen molar-refractivity contribution in [1.29, 1.82) is 0 Å². The number of nitrogens with one attached hydrogen (secondary N) is 1. The first-order chi connectivity index (χ1) is 13.5. The van der Waals surface area contributed by atoms with Crippen LogP contribution in [0.2, 0.25) is 0 Å². The van der Waals surface area contributed by atoms with Gasteiger partial charge in [-0.3, -0.25) is 9.78 Å². The fraction of sp³-hybridized carbons (Fsp3) is 0.0952. The van der Waals surface area contributed by atoms with Crippen LogP contribution in [-0.4, -0.2) is 31.1 Å². The minimum Gasteiger partial charge on any atom is -0.477 e. The Hall–Kier alpha value is -3.87. The summed E-state index contributed by atoms with van der Waals surface area (Å²) in [5.41, 5.74) is 2.56. The number of carbonyl (C=O) groups is 2. The minimum atomic E-state index is -1.10. The van der Waals surface area contributed by atoms with Crippen LogP contribution in [0.4, 0.5) is 5.69 Å². The number of aryl methyl sites for hydroxylation is 1. The van der Waals surface area contributed by atoms with Crippen LogP contribution in [0.5, 0.6) is 0 Å². The predicted molar refractivity (Wildman–Crippen MR) is 106 cm³/mol. The van der Waals surface area contributed by atoms with Crippen molar-refractivity contribution in [3.8, 4) is 0 Å². The van der Waals surface area contributed by atoms with E-state index in [1.807, 2.05) is 47.0 Å². The molecule has 0 bridgehead atoms. The second-order valence-corrected chi connectivity index (χ2v) is 6.46. The molecule has 0 radical (unpaired) electrons. The van der Waals surface area contributed by atoms with Gasteiger partial charge in [-0.25, -0.2) is 4.79 Å². The molecule has 1 amide bonds. The van der Waals surface area contributed by atoms with E-state index in [0.717, 1.165) is 16.6 Å². The van der Waals surface area contributed by atoms with E-state index in [9.17, 15) is 14.7 Å². The fourth-order valence-corrected chi connectivity index (χ4v) is 3.31. The molecule has 0 aliphatic carbocycles. The number of hydrogen-bond donors (Lipinski definition) is 2. The SMILES string of the molecule is Cn1ccc(NC(=O)c2cn(Cc3ccccn3)c3ccccc23)c1C(=O)O. The van der Waals surface area contributed by atoms with Gasteiger partial charge < -0.3 is 19.6 Å². The van der Waals surface area contributed by atoms with Crippen molar-refractivity contribution in [3.63, 3.8) is 0 Å².